The maximum atomic E-state index is 13.3. The average molecular weight is 279 g/mol. The second-order valence-electron chi connectivity index (χ2n) is 4.07. The number of rotatable bonds is 0. The molecule has 1 aliphatic heterocycles. The predicted molar refractivity (Wildman–Crippen MR) is 55.3 cm³/mol. The highest BCUT2D eigenvalue weighted by atomic mass is 79.9. The van der Waals surface area contributed by atoms with E-state index in [0.717, 1.165) is 0 Å². The van der Waals surface area contributed by atoms with Crippen LogP contribution in [0, 0.1) is 0 Å². The zero-order valence-electron chi connectivity index (χ0n) is 8.24. The first-order valence-corrected chi connectivity index (χ1v) is 5.78. The fourth-order valence-corrected chi connectivity index (χ4v) is 3.46. The van der Waals surface area contributed by atoms with Crippen molar-refractivity contribution in [1.82, 2.24) is 10.2 Å². The van der Waals surface area contributed by atoms with Crippen molar-refractivity contribution in [2.75, 3.05) is 7.05 Å². The molecule has 1 saturated heterocycles. The van der Waals surface area contributed by atoms with Gasteiger partial charge in [-0.25, -0.2) is 4.39 Å². The van der Waals surface area contributed by atoms with Crippen LogP contribution < -0.4 is 5.32 Å². The van der Waals surface area contributed by atoms with Gasteiger partial charge in [0.1, 0.15) is 6.17 Å². The molecule has 1 aliphatic carbocycles. The maximum absolute atomic E-state index is 13.3. The number of nitrogens with zero attached hydrogens (tertiary/aromatic N) is 1. The van der Waals surface area contributed by atoms with E-state index in [2.05, 4.69) is 21.2 Å². The molecule has 1 saturated carbocycles. The highest BCUT2D eigenvalue weighted by molar-refractivity contribution is 9.09. The first-order chi connectivity index (χ1) is 7.00. The number of alkyl halides is 2. The lowest BCUT2D eigenvalue weighted by atomic mass is 9.86. The van der Waals surface area contributed by atoms with Gasteiger partial charge in [-0.05, 0) is 6.42 Å². The summed E-state index contributed by atoms with van der Waals surface area (Å²) in [6, 6.07) is -0.407. The number of likely N-dealkylation sites (N-methyl/N-ethyl adjacent to an activating group) is 1. The molecule has 4 nitrogen and oxygen atoms in total. The number of fused-ring (bicyclic) bond motifs is 1. The van der Waals surface area contributed by atoms with Gasteiger partial charge in [-0.15, -0.1) is 0 Å². The number of carbonyl (C=O) groups excluding carboxylic acids is 2. The largest absolute Gasteiger partial charge is 0.343 e. The van der Waals surface area contributed by atoms with Crippen LogP contribution in [0.3, 0.4) is 0 Å². The standard InChI is InChI=1S/C9H12BrFN2O2/c1-13-7-5(10)2-4(11)3-6(7)12-8(14)9(13)15/h4-7H,2-3H2,1H3,(H,12,14). The number of hydrogen-bond donors (Lipinski definition) is 1. The summed E-state index contributed by atoms with van der Waals surface area (Å²) >= 11 is 3.37. The van der Waals surface area contributed by atoms with E-state index < -0.39 is 18.0 Å². The van der Waals surface area contributed by atoms with Crippen LogP contribution in [0.5, 0.6) is 0 Å². The molecule has 0 aromatic heterocycles. The Balaban J connectivity index is 2.22. The van der Waals surface area contributed by atoms with E-state index in [1.807, 2.05) is 0 Å². The Kier molecular flexibility index (Phi) is 2.70. The van der Waals surface area contributed by atoms with E-state index in [0.29, 0.717) is 6.42 Å². The molecule has 0 aromatic rings. The fourth-order valence-electron chi connectivity index (χ4n) is 2.33. The number of halogens is 2. The van der Waals surface area contributed by atoms with E-state index >= 15 is 0 Å². The molecule has 15 heavy (non-hydrogen) atoms. The summed E-state index contributed by atoms with van der Waals surface area (Å²) in [5, 5.41) is 2.56. The topological polar surface area (TPSA) is 49.4 Å². The Labute approximate surface area is 95.3 Å². The van der Waals surface area contributed by atoms with Crippen LogP contribution >= 0.6 is 15.9 Å². The van der Waals surface area contributed by atoms with Gasteiger partial charge in [0.2, 0.25) is 0 Å². The number of piperazine rings is 1. The zero-order valence-corrected chi connectivity index (χ0v) is 9.83. The Morgan fingerprint density at radius 2 is 2.13 bits per heavy atom. The first kappa shape index (κ1) is 10.9. The lowest BCUT2D eigenvalue weighted by Crippen LogP contribution is -2.67. The van der Waals surface area contributed by atoms with Gasteiger partial charge >= 0.3 is 11.8 Å². The number of hydrogen-bond acceptors (Lipinski definition) is 2. The van der Waals surface area contributed by atoms with Crippen LogP contribution in [0.4, 0.5) is 4.39 Å². The van der Waals surface area contributed by atoms with Gasteiger partial charge in [0, 0.05) is 18.3 Å². The smallest absolute Gasteiger partial charge is 0.311 e. The maximum Gasteiger partial charge on any atom is 0.311 e. The zero-order chi connectivity index (χ0) is 11.2. The van der Waals surface area contributed by atoms with Gasteiger partial charge in [-0.1, -0.05) is 15.9 Å². The van der Waals surface area contributed by atoms with Gasteiger partial charge in [0.25, 0.3) is 0 Å². The highest BCUT2D eigenvalue weighted by Gasteiger charge is 2.46. The summed E-state index contributed by atoms with van der Waals surface area (Å²) in [4.78, 5) is 24.0. The number of nitrogens with one attached hydrogen (secondary N) is 1. The number of carbonyl (C=O) groups is 2. The van der Waals surface area contributed by atoms with Gasteiger partial charge in [-0.3, -0.25) is 9.59 Å². The average Bonchev–Trinajstić information content (AvgIpc) is 2.13. The number of amides is 2. The lowest BCUT2D eigenvalue weighted by Gasteiger charge is -2.45. The van der Waals surface area contributed by atoms with Crippen molar-refractivity contribution < 1.29 is 14.0 Å². The molecule has 1 heterocycles. The van der Waals surface area contributed by atoms with Crippen LogP contribution in [-0.4, -0.2) is 46.8 Å². The third-order valence-electron chi connectivity index (χ3n) is 3.05. The van der Waals surface area contributed by atoms with E-state index in [-0.39, 0.29) is 23.3 Å². The van der Waals surface area contributed by atoms with Crippen LogP contribution in [0.2, 0.25) is 0 Å². The molecule has 2 amide bonds. The molecular weight excluding hydrogens is 267 g/mol. The summed E-state index contributed by atoms with van der Waals surface area (Å²) in [6.07, 6.45) is -0.248. The van der Waals surface area contributed by atoms with Crippen molar-refractivity contribution in [2.45, 2.75) is 35.9 Å². The molecule has 0 spiro atoms. The molecule has 6 heteroatoms. The summed E-state index contributed by atoms with van der Waals surface area (Å²) in [5.74, 6) is -1.18. The fraction of sp³-hybridized carbons (Fsp3) is 0.778. The van der Waals surface area contributed by atoms with E-state index in [9.17, 15) is 14.0 Å². The molecule has 0 radical (unpaired) electrons. The molecule has 1 N–H and O–H groups in total. The molecule has 84 valence electrons. The molecule has 0 bridgehead atoms. The third kappa shape index (κ3) is 1.75. The highest BCUT2D eigenvalue weighted by Crippen LogP contribution is 2.32. The van der Waals surface area contributed by atoms with Gasteiger partial charge < -0.3 is 10.2 Å². The molecule has 2 rings (SSSR count). The van der Waals surface area contributed by atoms with Crippen molar-refractivity contribution >= 4 is 27.7 Å². The minimum atomic E-state index is -0.919. The van der Waals surface area contributed by atoms with E-state index in [1.165, 1.54) is 4.90 Å². The summed E-state index contributed by atoms with van der Waals surface area (Å²) in [5.41, 5.74) is 0. The van der Waals surface area contributed by atoms with Gasteiger partial charge in [-0.2, -0.15) is 0 Å². The SMILES string of the molecule is CN1C(=O)C(=O)NC2CC(F)CC(Br)C21. The predicted octanol–water partition coefficient (Wildman–Crippen LogP) is 0.207. The van der Waals surface area contributed by atoms with Crippen LogP contribution in [0.1, 0.15) is 12.8 Å². The molecule has 0 aromatic carbocycles. The Morgan fingerprint density at radius 3 is 2.80 bits per heavy atom. The van der Waals surface area contributed by atoms with Crippen molar-refractivity contribution in [1.29, 1.82) is 0 Å². The Morgan fingerprint density at radius 1 is 1.47 bits per heavy atom. The first-order valence-electron chi connectivity index (χ1n) is 4.86. The Bertz CT molecular complexity index is 312. The van der Waals surface area contributed by atoms with Crippen LogP contribution in [-0.2, 0) is 9.59 Å². The van der Waals surface area contributed by atoms with Crippen molar-refractivity contribution in [2.24, 2.45) is 0 Å². The van der Waals surface area contributed by atoms with Gasteiger partial charge in [0.15, 0.2) is 0 Å². The van der Waals surface area contributed by atoms with Crippen LogP contribution in [0.15, 0.2) is 0 Å². The molecular formula is C9H12BrFN2O2. The van der Waals surface area contributed by atoms with Crippen molar-refractivity contribution in [3.8, 4) is 0 Å². The second-order valence-corrected chi connectivity index (χ2v) is 5.25. The summed E-state index contributed by atoms with van der Waals surface area (Å²) < 4.78 is 13.3. The van der Waals surface area contributed by atoms with Crippen molar-refractivity contribution in [3.63, 3.8) is 0 Å². The second kappa shape index (κ2) is 3.73. The minimum absolute atomic E-state index is 0.0965. The molecule has 4 atom stereocenters. The van der Waals surface area contributed by atoms with Crippen molar-refractivity contribution in [3.05, 3.63) is 0 Å². The minimum Gasteiger partial charge on any atom is -0.343 e. The summed E-state index contributed by atoms with van der Waals surface area (Å²) in [6.45, 7) is 0. The van der Waals surface area contributed by atoms with E-state index in [4.69, 9.17) is 0 Å². The quantitative estimate of drug-likeness (QED) is 0.509. The van der Waals surface area contributed by atoms with Crippen LogP contribution in [0.25, 0.3) is 0 Å². The van der Waals surface area contributed by atoms with Gasteiger partial charge in [0.05, 0.1) is 12.1 Å². The third-order valence-corrected chi connectivity index (χ3v) is 3.97. The summed E-state index contributed by atoms with van der Waals surface area (Å²) in [7, 11) is 1.59. The molecule has 4 unspecified atom stereocenters. The molecule has 2 fully saturated rings. The normalized spacial score (nSPS) is 41.1. The monoisotopic (exact) mass is 278 g/mol. The molecule has 2 aliphatic rings. The lowest BCUT2D eigenvalue weighted by molar-refractivity contribution is -0.152. The Hall–Kier alpha value is -0.650. The van der Waals surface area contributed by atoms with E-state index in [1.54, 1.807) is 7.05 Å².